The molecule has 0 fully saturated rings. The summed E-state index contributed by atoms with van der Waals surface area (Å²) in [5.74, 6) is 0.586. The molecule has 22 heavy (non-hydrogen) atoms. The number of aromatic amines is 1. The molecule has 0 aliphatic rings. The first-order valence-electron chi connectivity index (χ1n) is 7.24. The molecule has 2 aromatic carbocycles. The second-order valence-corrected chi connectivity index (χ2v) is 5.41. The summed E-state index contributed by atoms with van der Waals surface area (Å²) in [5.41, 5.74) is 4.93. The first kappa shape index (κ1) is 13.0. The number of benzene rings is 2. The minimum atomic E-state index is -0.602. The molecule has 0 radical (unpaired) electrons. The lowest BCUT2D eigenvalue weighted by atomic mass is 10.0. The molecule has 108 valence electrons. The second kappa shape index (κ2) is 4.93. The van der Waals surface area contributed by atoms with Crippen LogP contribution in [0.2, 0.25) is 0 Å². The number of H-pyrrole nitrogens is 1. The number of nitrogens with one attached hydrogen (secondary N) is 1. The zero-order valence-corrected chi connectivity index (χ0v) is 12.1. The van der Waals surface area contributed by atoms with Gasteiger partial charge in [0, 0.05) is 17.1 Å². The van der Waals surface area contributed by atoms with E-state index in [1.807, 2.05) is 30.5 Å². The van der Waals surface area contributed by atoms with Crippen LogP contribution in [0.15, 0.2) is 54.7 Å². The lowest BCUT2D eigenvalue weighted by molar-refractivity contribution is 0.190. The fourth-order valence-electron chi connectivity index (χ4n) is 2.73. The van der Waals surface area contributed by atoms with E-state index in [0.29, 0.717) is 5.82 Å². The smallest absolute Gasteiger partial charge is 0.135 e. The van der Waals surface area contributed by atoms with E-state index in [9.17, 15) is 5.11 Å². The van der Waals surface area contributed by atoms with Crippen molar-refractivity contribution < 1.29 is 5.11 Å². The Balaban J connectivity index is 1.92. The van der Waals surface area contributed by atoms with E-state index >= 15 is 0 Å². The Kier molecular flexibility index (Phi) is 2.91. The van der Waals surface area contributed by atoms with Crippen LogP contribution >= 0.6 is 0 Å². The summed E-state index contributed by atoms with van der Waals surface area (Å²) in [5, 5.41) is 10.8. The topological polar surface area (TPSA) is 61.8 Å². The van der Waals surface area contributed by atoms with Gasteiger partial charge in [-0.2, -0.15) is 0 Å². The van der Waals surface area contributed by atoms with Gasteiger partial charge < -0.3 is 10.1 Å². The Bertz CT molecular complexity index is 967. The summed E-state index contributed by atoms with van der Waals surface area (Å²) < 4.78 is 0. The van der Waals surface area contributed by atoms with Gasteiger partial charge in [-0.3, -0.25) is 4.98 Å². The molecule has 4 heteroatoms. The van der Waals surface area contributed by atoms with Crippen molar-refractivity contribution in [2.45, 2.75) is 13.0 Å². The zero-order valence-electron chi connectivity index (χ0n) is 12.1. The van der Waals surface area contributed by atoms with Crippen LogP contribution in [0, 0.1) is 0 Å². The molecule has 1 unspecified atom stereocenters. The average molecular weight is 289 g/mol. The van der Waals surface area contributed by atoms with Gasteiger partial charge in [0.25, 0.3) is 0 Å². The molecule has 4 aromatic rings. The number of imidazole rings is 1. The molecule has 0 aliphatic carbocycles. The summed E-state index contributed by atoms with van der Waals surface area (Å²) in [6, 6.07) is 16.2. The molecule has 1 atom stereocenters. The maximum atomic E-state index is 9.65. The monoisotopic (exact) mass is 289 g/mol. The van der Waals surface area contributed by atoms with Crippen LogP contribution < -0.4 is 0 Å². The van der Waals surface area contributed by atoms with Crippen LogP contribution in [0.5, 0.6) is 0 Å². The van der Waals surface area contributed by atoms with Gasteiger partial charge in [-0.15, -0.1) is 0 Å². The van der Waals surface area contributed by atoms with Crippen molar-refractivity contribution in [2.24, 2.45) is 0 Å². The highest BCUT2D eigenvalue weighted by Crippen LogP contribution is 2.29. The van der Waals surface area contributed by atoms with Crippen molar-refractivity contribution >= 4 is 21.9 Å². The maximum Gasteiger partial charge on any atom is 0.135 e. The van der Waals surface area contributed by atoms with E-state index in [0.717, 1.165) is 33.1 Å². The van der Waals surface area contributed by atoms with Crippen molar-refractivity contribution in [3.63, 3.8) is 0 Å². The van der Waals surface area contributed by atoms with Crippen LogP contribution in [0.4, 0.5) is 0 Å². The molecular formula is C18H15N3O. The highest BCUT2D eigenvalue weighted by Gasteiger charge is 2.10. The van der Waals surface area contributed by atoms with Crippen LogP contribution in [0.3, 0.4) is 0 Å². The Morgan fingerprint density at radius 1 is 1.09 bits per heavy atom. The molecule has 0 amide bonds. The van der Waals surface area contributed by atoms with Gasteiger partial charge in [-0.25, -0.2) is 4.98 Å². The van der Waals surface area contributed by atoms with E-state index < -0.39 is 6.10 Å². The van der Waals surface area contributed by atoms with Gasteiger partial charge >= 0.3 is 0 Å². The number of para-hydroxylation sites is 1. The van der Waals surface area contributed by atoms with Gasteiger partial charge in [-0.1, -0.05) is 30.3 Å². The van der Waals surface area contributed by atoms with Crippen molar-refractivity contribution in [3.05, 3.63) is 60.6 Å². The standard InChI is InChI=1S/C18H15N3O/c1-11(22)18-20-15-8-7-13(10-16(15)21-18)14-6-2-4-12-5-3-9-19-17(12)14/h2-11,22H,1H3,(H,20,21). The highest BCUT2D eigenvalue weighted by molar-refractivity contribution is 5.95. The van der Waals surface area contributed by atoms with Gasteiger partial charge in [0.05, 0.1) is 16.6 Å². The minimum Gasteiger partial charge on any atom is -0.385 e. The third-order valence-corrected chi connectivity index (χ3v) is 3.84. The number of nitrogens with zero attached hydrogens (tertiary/aromatic N) is 2. The van der Waals surface area contributed by atoms with Crippen molar-refractivity contribution in [2.75, 3.05) is 0 Å². The van der Waals surface area contributed by atoms with Crippen LogP contribution in [0.25, 0.3) is 33.1 Å². The Morgan fingerprint density at radius 2 is 1.95 bits per heavy atom. The van der Waals surface area contributed by atoms with Crippen molar-refractivity contribution in [3.8, 4) is 11.1 Å². The largest absolute Gasteiger partial charge is 0.385 e. The van der Waals surface area contributed by atoms with Gasteiger partial charge in [0.2, 0.25) is 0 Å². The van der Waals surface area contributed by atoms with E-state index in [2.05, 4.69) is 39.2 Å². The van der Waals surface area contributed by atoms with Crippen LogP contribution in [-0.4, -0.2) is 20.1 Å². The van der Waals surface area contributed by atoms with Crippen molar-refractivity contribution in [1.29, 1.82) is 0 Å². The molecule has 0 spiro atoms. The lowest BCUT2D eigenvalue weighted by Gasteiger charge is -2.05. The number of aliphatic hydroxyl groups excluding tert-OH is 1. The normalized spacial score (nSPS) is 12.8. The Hall–Kier alpha value is -2.72. The lowest BCUT2D eigenvalue weighted by Crippen LogP contribution is -1.92. The minimum absolute atomic E-state index is 0.586. The van der Waals surface area contributed by atoms with Gasteiger partial charge in [0.15, 0.2) is 0 Å². The molecule has 4 rings (SSSR count). The van der Waals surface area contributed by atoms with E-state index in [4.69, 9.17) is 0 Å². The maximum absolute atomic E-state index is 9.65. The molecule has 0 aliphatic heterocycles. The molecular weight excluding hydrogens is 274 g/mol. The Labute approximate surface area is 127 Å². The number of aromatic nitrogens is 3. The van der Waals surface area contributed by atoms with E-state index in [1.165, 1.54) is 0 Å². The summed E-state index contributed by atoms with van der Waals surface area (Å²) in [4.78, 5) is 12.1. The number of hydrogen-bond donors (Lipinski definition) is 2. The number of hydrogen-bond acceptors (Lipinski definition) is 3. The quantitative estimate of drug-likeness (QED) is 0.589. The van der Waals surface area contributed by atoms with Crippen LogP contribution in [0.1, 0.15) is 18.9 Å². The highest BCUT2D eigenvalue weighted by atomic mass is 16.3. The molecule has 0 saturated carbocycles. The number of rotatable bonds is 2. The summed E-state index contributed by atoms with van der Waals surface area (Å²) in [7, 11) is 0. The molecule has 4 nitrogen and oxygen atoms in total. The first-order chi connectivity index (χ1) is 10.7. The molecule has 2 aromatic heterocycles. The summed E-state index contributed by atoms with van der Waals surface area (Å²) in [6.07, 6.45) is 1.21. The molecule has 2 heterocycles. The Morgan fingerprint density at radius 3 is 2.82 bits per heavy atom. The first-order valence-corrected chi connectivity index (χ1v) is 7.24. The number of aliphatic hydroxyl groups is 1. The van der Waals surface area contributed by atoms with Gasteiger partial charge in [-0.05, 0) is 30.7 Å². The number of pyridine rings is 1. The number of fused-ring (bicyclic) bond motifs is 2. The fraction of sp³-hybridized carbons (Fsp3) is 0.111. The predicted molar refractivity (Wildman–Crippen MR) is 87.5 cm³/mol. The van der Waals surface area contributed by atoms with Crippen LogP contribution in [-0.2, 0) is 0 Å². The fourth-order valence-corrected chi connectivity index (χ4v) is 2.73. The van der Waals surface area contributed by atoms with Crippen molar-refractivity contribution in [1.82, 2.24) is 15.0 Å². The SMILES string of the molecule is CC(O)c1nc2ccc(-c3cccc4cccnc34)cc2[nH]1. The van der Waals surface area contributed by atoms with E-state index in [-0.39, 0.29) is 0 Å². The third kappa shape index (κ3) is 2.05. The molecule has 2 N–H and O–H groups in total. The molecule has 0 bridgehead atoms. The zero-order chi connectivity index (χ0) is 15.1. The summed E-state index contributed by atoms with van der Waals surface area (Å²) >= 11 is 0. The van der Waals surface area contributed by atoms with E-state index in [1.54, 1.807) is 6.92 Å². The van der Waals surface area contributed by atoms with Gasteiger partial charge in [0.1, 0.15) is 11.9 Å². The second-order valence-electron chi connectivity index (χ2n) is 5.41. The predicted octanol–water partition coefficient (Wildman–Crippen LogP) is 3.83. The third-order valence-electron chi connectivity index (χ3n) is 3.84. The summed E-state index contributed by atoms with van der Waals surface area (Å²) in [6.45, 7) is 1.70. The average Bonchev–Trinajstić information content (AvgIpc) is 2.98. The molecule has 0 saturated heterocycles.